The Balaban J connectivity index is 1.95. The summed E-state index contributed by atoms with van der Waals surface area (Å²) in [5, 5.41) is 2.92. The standard InChI is InChI=1S/C14H14FNO2S/c1-18-14(17)4-2-3-13-16-12(9-19-13)10-5-7-11(15)8-6-10/h5-9H,2-4H2,1H3. The van der Waals surface area contributed by atoms with E-state index in [1.807, 2.05) is 5.38 Å². The van der Waals surface area contributed by atoms with Crippen LogP contribution >= 0.6 is 11.3 Å². The number of halogens is 1. The van der Waals surface area contributed by atoms with E-state index < -0.39 is 0 Å². The summed E-state index contributed by atoms with van der Waals surface area (Å²) in [6.07, 6.45) is 1.88. The Labute approximate surface area is 115 Å². The number of thiazole rings is 1. The molecule has 3 nitrogen and oxygen atoms in total. The molecule has 0 saturated heterocycles. The highest BCUT2D eigenvalue weighted by Gasteiger charge is 2.06. The molecule has 19 heavy (non-hydrogen) atoms. The summed E-state index contributed by atoms with van der Waals surface area (Å²) in [4.78, 5) is 15.5. The van der Waals surface area contributed by atoms with Gasteiger partial charge >= 0.3 is 5.97 Å². The first kappa shape index (κ1) is 13.7. The Morgan fingerprint density at radius 2 is 2.11 bits per heavy atom. The van der Waals surface area contributed by atoms with Gasteiger partial charge in [-0.1, -0.05) is 0 Å². The molecule has 2 aromatic rings. The first-order chi connectivity index (χ1) is 9.19. The first-order valence-electron chi connectivity index (χ1n) is 5.96. The quantitative estimate of drug-likeness (QED) is 0.787. The minimum Gasteiger partial charge on any atom is -0.469 e. The van der Waals surface area contributed by atoms with Gasteiger partial charge in [-0.15, -0.1) is 11.3 Å². The van der Waals surface area contributed by atoms with Gasteiger partial charge in [0.15, 0.2) is 0 Å². The molecule has 0 spiro atoms. The highest BCUT2D eigenvalue weighted by molar-refractivity contribution is 7.09. The second-order valence-electron chi connectivity index (χ2n) is 4.06. The van der Waals surface area contributed by atoms with Crippen LogP contribution in [0.4, 0.5) is 4.39 Å². The third-order valence-corrected chi connectivity index (χ3v) is 3.60. The van der Waals surface area contributed by atoms with E-state index in [4.69, 9.17) is 0 Å². The first-order valence-corrected chi connectivity index (χ1v) is 6.84. The van der Waals surface area contributed by atoms with Crippen molar-refractivity contribution in [2.24, 2.45) is 0 Å². The number of aromatic nitrogens is 1. The molecular weight excluding hydrogens is 265 g/mol. The van der Waals surface area contributed by atoms with Crippen LogP contribution in [-0.4, -0.2) is 18.1 Å². The van der Waals surface area contributed by atoms with Crippen LogP contribution in [0.1, 0.15) is 17.8 Å². The topological polar surface area (TPSA) is 39.2 Å². The van der Waals surface area contributed by atoms with Gasteiger partial charge in [0.1, 0.15) is 5.82 Å². The highest BCUT2D eigenvalue weighted by atomic mass is 32.1. The number of carbonyl (C=O) groups excluding carboxylic acids is 1. The molecule has 100 valence electrons. The number of esters is 1. The molecule has 0 bridgehead atoms. The molecule has 5 heteroatoms. The highest BCUT2D eigenvalue weighted by Crippen LogP contribution is 2.23. The fraction of sp³-hybridized carbons (Fsp3) is 0.286. The predicted molar refractivity (Wildman–Crippen MR) is 72.5 cm³/mol. The van der Waals surface area contributed by atoms with Gasteiger partial charge in [0.25, 0.3) is 0 Å². The number of hydrogen-bond donors (Lipinski definition) is 0. The molecule has 1 aromatic carbocycles. The van der Waals surface area contributed by atoms with Crippen molar-refractivity contribution in [3.63, 3.8) is 0 Å². The average Bonchev–Trinajstić information content (AvgIpc) is 2.88. The summed E-state index contributed by atoms with van der Waals surface area (Å²) in [5.74, 6) is -0.451. The van der Waals surface area contributed by atoms with Gasteiger partial charge in [0, 0.05) is 17.4 Å². The van der Waals surface area contributed by atoms with Gasteiger partial charge in [-0.25, -0.2) is 9.37 Å². The molecular formula is C14H14FNO2S. The molecule has 2 rings (SSSR count). The zero-order valence-electron chi connectivity index (χ0n) is 10.6. The zero-order valence-corrected chi connectivity index (χ0v) is 11.4. The Morgan fingerprint density at radius 1 is 1.37 bits per heavy atom. The normalized spacial score (nSPS) is 10.4. The molecule has 0 radical (unpaired) electrons. The third kappa shape index (κ3) is 3.86. The van der Waals surface area contributed by atoms with Crippen molar-refractivity contribution in [3.8, 4) is 11.3 Å². The Bertz CT molecular complexity index is 551. The van der Waals surface area contributed by atoms with Gasteiger partial charge in [-0.2, -0.15) is 0 Å². The molecule has 0 fully saturated rings. The molecule has 1 heterocycles. The van der Waals surface area contributed by atoms with Gasteiger partial charge in [-0.05, 0) is 37.1 Å². The van der Waals surface area contributed by atoms with E-state index in [1.54, 1.807) is 23.5 Å². The molecule has 0 amide bonds. The van der Waals surface area contributed by atoms with Crippen molar-refractivity contribution >= 4 is 17.3 Å². The van der Waals surface area contributed by atoms with Crippen molar-refractivity contribution < 1.29 is 13.9 Å². The maximum Gasteiger partial charge on any atom is 0.305 e. The third-order valence-electron chi connectivity index (χ3n) is 2.69. The maximum absolute atomic E-state index is 12.8. The smallest absolute Gasteiger partial charge is 0.305 e. The molecule has 0 saturated carbocycles. The van der Waals surface area contributed by atoms with E-state index in [0.29, 0.717) is 6.42 Å². The second kappa shape index (κ2) is 6.43. The van der Waals surface area contributed by atoms with Crippen molar-refractivity contribution in [1.82, 2.24) is 4.98 Å². The maximum atomic E-state index is 12.8. The minimum absolute atomic E-state index is 0.199. The van der Waals surface area contributed by atoms with Crippen LogP contribution in [0, 0.1) is 5.82 Å². The van der Waals surface area contributed by atoms with E-state index in [1.165, 1.54) is 19.2 Å². The number of benzene rings is 1. The molecule has 0 aliphatic carbocycles. The van der Waals surface area contributed by atoms with E-state index in [0.717, 1.165) is 29.1 Å². The fourth-order valence-corrected chi connectivity index (χ4v) is 2.51. The molecule has 0 atom stereocenters. The average molecular weight is 279 g/mol. The number of nitrogens with zero attached hydrogens (tertiary/aromatic N) is 1. The number of hydrogen-bond acceptors (Lipinski definition) is 4. The summed E-state index contributed by atoms with van der Waals surface area (Å²) in [6, 6.07) is 6.27. The van der Waals surface area contributed by atoms with Gasteiger partial charge in [0.2, 0.25) is 0 Å². The van der Waals surface area contributed by atoms with Crippen LogP contribution in [0.15, 0.2) is 29.6 Å². The molecule has 0 N–H and O–H groups in total. The second-order valence-corrected chi connectivity index (χ2v) is 5.01. The fourth-order valence-electron chi connectivity index (χ4n) is 1.66. The lowest BCUT2D eigenvalue weighted by Crippen LogP contribution is -2.00. The van der Waals surface area contributed by atoms with Crippen molar-refractivity contribution in [1.29, 1.82) is 0 Å². The Hall–Kier alpha value is -1.75. The van der Waals surface area contributed by atoms with E-state index in [-0.39, 0.29) is 11.8 Å². The molecule has 1 aromatic heterocycles. The van der Waals surface area contributed by atoms with Crippen molar-refractivity contribution in [3.05, 3.63) is 40.5 Å². The van der Waals surface area contributed by atoms with E-state index >= 15 is 0 Å². The van der Waals surface area contributed by atoms with Gasteiger partial charge < -0.3 is 4.74 Å². The lowest BCUT2D eigenvalue weighted by atomic mass is 10.2. The summed E-state index contributed by atoms with van der Waals surface area (Å²) < 4.78 is 17.4. The summed E-state index contributed by atoms with van der Waals surface area (Å²) in [7, 11) is 1.39. The van der Waals surface area contributed by atoms with Crippen LogP contribution in [0.2, 0.25) is 0 Å². The largest absolute Gasteiger partial charge is 0.469 e. The predicted octanol–water partition coefficient (Wildman–Crippen LogP) is 3.44. The number of carbonyl (C=O) groups is 1. The molecule has 0 aliphatic rings. The number of ether oxygens (including phenoxy) is 1. The number of rotatable bonds is 5. The summed E-state index contributed by atoms with van der Waals surface area (Å²) in [5.41, 5.74) is 1.75. The van der Waals surface area contributed by atoms with Crippen LogP contribution in [0.3, 0.4) is 0 Å². The number of methoxy groups -OCH3 is 1. The monoisotopic (exact) mass is 279 g/mol. The SMILES string of the molecule is COC(=O)CCCc1nc(-c2ccc(F)cc2)cs1. The molecule has 0 aliphatic heterocycles. The number of aryl methyl sites for hydroxylation is 1. The Morgan fingerprint density at radius 3 is 2.79 bits per heavy atom. The summed E-state index contributed by atoms with van der Waals surface area (Å²) in [6.45, 7) is 0. The lowest BCUT2D eigenvalue weighted by molar-refractivity contribution is -0.140. The lowest BCUT2D eigenvalue weighted by Gasteiger charge is -1.97. The summed E-state index contributed by atoms with van der Waals surface area (Å²) >= 11 is 1.55. The van der Waals surface area contributed by atoms with Crippen LogP contribution < -0.4 is 0 Å². The zero-order chi connectivity index (χ0) is 13.7. The van der Waals surface area contributed by atoms with E-state index in [9.17, 15) is 9.18 Å². The van der Waals surface area contributed by atoms with E-state index in [2.05, 4.69) is 9.72 Å². The van der Waals surface area contributed by atoms with Crippen molar-refractivity contribution in [2.45, 2.75) is 19.3 Å². The van der Waals surface area contributed by atoms with Crippen LogP contribution in [0.5, 0.6) is 0 Å². The van der Waals surface area contributed by atoms with Crippen molar-refractivity contribution in [2.75, 3.05) is 7.11 Å². The Kier molecular flexibility index (Phi) is 4.63. The van der Waals surface area contributed by atoms with Crippen LogP contribution in [0.25, 0.3) is 11.3 Å². The minimum atomic E-state index is -0.253. The van der Waals surface area contributed by atoms with Crippen LogP contribution in [-0.2, 0) is 16.0 Å². The van der Waals surface area contributed by atoms with Gasteiger partial charge in [-0.3, -0.25) is 4.79 Å². The molecule has 0 unspecified atom stereocenters. The van der Waals surface area contributed by atoms with Gasteiger partial charge in [0.05, 0.1) is 17.8 Å².